The Morgan fingerprint density at radius 3 is 2.60 bits per heavy atom. The number of aryl methyl sites for hydroxylation is 1. The van der Waals surface area contributed by atoms with Crippen LogP contribution in [0.1, 0.15) is 42.2 Å². The smallest absolute Gasteiger partial charge is 0.274 e. The summed E-state index contributed by atoms with van der Waals surface area (Å²) in [6, 6.07) is 7.25. The fourth-order valence-electron chi connectivity index (χ4n) is 1.92. The number of pyridine rings is 2. The van der Waals surface area contributed by atoms with Crippen molar-refractivity contribution in [3.05, 3.63) is 54.1 Å². The van der Waals surface area contributed by atoms with Gasteiger partial charge in [-0.05, 0) is 36.6 Å². The van der Waals surface area contributed by atoms with Crippen LogP contribution in [-0.4, -0.2) is 15.9 Å². The van der Waals surface area contributed by atoms with Gasteiger partial charge in [0.15, 0.2) is 0 Å². The van der Waals surface area contributed by atoms with Gasteiger partial charge >= 0.3 is 0 Å². The SMILES string of the molecule is CCCCCc1ccc(C(=O)Nc2ccncc2)nc1. The number of nitrogens with one attached hydrogen (secondary N) is 1. The van der Waals surface area contributed by atoms with Crippen LogP contribution in [0, 0.1) is 0 Å². The highest BCUT2D eigenvalue weighted by Gasteiger charge is 2.07. The zero-order chi connectivity index (χ0) is 14.2. The molecule has 0 fully saturated rings. The van der Waals surface area contributed by atoms with E-state index in [0.717, 1.165) is 12.1 Å². The Hall–Kier alpha value is -2.23. The van der Waals surface area contributed by atoms with Gasteiger partial charge in [0.05, 0.1) is 0 Å². The summed E-state index contributed by atoms with van der Waals surface area (Å²) in [6.07, 6.45) is 9.69. The number of anilines is 1. The number of hydrogen-bond acceptors (Lipinski definition) is 3. The molecule has 4 nitrogen and oxygen atoms in total. The molecule has 1 N–H and O–H groups in total. The van der Waals surface area contributed by atoms with Crippen molar-refractivity contribution in [3.8, 4) is 0 Å². The molecule has 0 radical (unpaired) electrons. The molecule has 0 saturated heterocycles. The van der Waals surface area contributed by atoms with E-state index in [-0.39, 0.29) is 5.91 Å². The zero-order valence-corrected chi connectivity index (χ0v) is 11.7. The highest BCUT2D eigenvalue weighted by atomic mass is 16.1. The molecule has 0 aliphatic carbocycles. The first kappa shape index (κ1) is 14.2. The number of unbranched alkanes of at least 4 members (excludes halogenated alkanes) is 2. The molecule has 4 heteroatoms. The lowest BCUT2D eigenvalue weighted by molar-refractivity contribution is 0.102. The molecule has 0 saturated carbocycles. The van der Waals surface area contributed by atoms with Gasteiger partial charge in [0.25, 0.3) is 5.91 Å². The van der Waals surface area contributed by atoms with Gasteiger partial charge in [-0.1, -0.05) is 25.8 Å². The third-order valence-corrected chi connectivity index (χ3v) is 3.06. The van der Waals surface area contributed by atoms with Crippen LogP contribution < -0.4 is 5.32 Å². The van der Waals surface area contributed by atoms with E-state index in [1.807, 2.05) is 6.07 Å². The lowest BCUT2D eigenvalue weighted by Crippen LogP contribution is -2.13. The van der Waals surface area contributed by atoms with Gasteiger partial charge in [0.1, 0.15) is 5.69 Å². The predicted molar refractivity (Wildman–Crippen MR) is 79.7 cm³/mol. The quantitative estimate of drug-likeness (QED) is 0.817. The first-order chi connectivity index (χ1) is 9.79. The Kier molecular flexibility index (Phi) is 5.24. The summed E-state index contributed by atoms with van der Waals surface area (Å²) in [5, 5.41) is 2.79. The van der Waals surface area contributed by atoms with Gasteiger partial charge < -0.3 is 5.32 Å². The van der Waals surface area contributed by atoms with Crippen LogP contribution in [0.2, 0.25) is 0 Å². The Balaban J connectivity index is 1.94. The minimum absolute atomic E-state index is 0.198. The molecule has 0 aromatic carbocycles. The summed E-state index contributed by atoms with van der Waals surface area (Å²) in [5.41, 5.74) is 2.33. The summed E-state index contributed by atoms with van der Waals surface area (Å²) in [6.45, 7) is 2.19. The van der Waals surface area contributed by atoms with Crippen molar-refractivity contribution < 1.29 is 4.79 Å². The largest absolute Gasteiger partial charge is 0.321 e. The van der Waals surface area contributed by atoms with Gasteiger partial charge in [-0.2, -0.15) is 0 Å². The fraction of sp³-hybridized carbons (Fsp3) is 0.312. The number of aromatic nitrogens is 2. The molecule has 2 rings (SSSR count). The summed E-state index contributed by atoms with van der Waals surface area (Å²) in [5.74, 6) is -0.198. The molecule has 104 valence electrons. The number of carbonyl (C=O) groups is 1. The predicted octanol–water partition coefficient (Wildman–Crippen LogP) is 3.46. The monoisotopic (exact) mass is 269 g/mol. The van der Waals surface area contributed by atoms with Crippen LogP contribution in [-0.2, 0) is 6.42 Å². The van der Waals surface area contributed by atoms with Crippen molar-refractivity contribution in [2.24, 2.45) is 0 Å². The van der Waals surface area contributed by atoms with E-state index in [1.54, 1.807) is 36.8 Å². The van der Waals surface area contributed by atoms with Gasteiger partial charge in [0.2, 0.25) is 0 Å². The number of amides is 1. The summed E-state index contributed by atoms with van der Waals surface area (Å²) < 4.78 is 0. The van der Waals surface area contributed by atoms with Gasteiger partial charge in [-0.3, -0.25) is 14.8 Å². The Labute approximate surface area is 119 Å². The Bertz CT molecular complexity index is 537. The standard InChI is InChI=1S/C16H19N3O/c1-2-3-4-5-13-6-7-15(18-12-13)16(20)19-14-8-10-17-11-9-14/h6-12H,2-5H2,1H3,(H,17,19,20). The van der Waals surface area contributed by atoms with Crippen molar-refractivity contribution in [2.75, 3.05) is 5.32 Å². The normalized spacial score (nSPS) is 10.2. The van der Waals surface area contributed by atoms with Crippen molar-refractivity contribution in [1.29, 1.82) is 0 Å². The maximum absolute atomic E-state index is 12.0. The molecule has 0 unspecified atom stereocenters. The highest BCUT2D eigenvalue weighted by Crippen LogP contribution is 2.09. The van der Waals surface area contributed by atoms with E-state index in [9.17, 15) is 4.79 Å². The minimum atomic E-state index is -0.198. The number of nitrogens with zero attached hydrogens (tertiary/aromatic N) is 2. The van der Waals surface area contributed by atoms with Crippen LogP contribution in [0.5, 0.6) is 0 Å². The maximum atomic E-state index is 12.0. The van der Waals surface area contributed by atoms with E-state index in [4.69, 9.17) is 0 Å². The molecule has 20 heavy (non-hydrogen) atoms. The number of hydrogen-bond donors (Lipinski definition) is 1. The second-order valence-corrected chi connectivity index (χ2v) is 4.70. The maximum Gasteiger partial charge on any atom is 0.274 e. The van der Waals surface area contributed by atoms with E-state index >= 15 is 0 Å². The molecule has 0 aliphatic rings. The van der Waals surface area contributed by atoms with Crippen molar-refractivity contribution in [2.45, 2.75) is 32.6 Å². The average molecular weight is 269 g/mol. The number of carbonyl (C=O) groups excluding carboxylic acids is 1. The first-order valence-corrected chi connectivity index (χ1v) is 6.96. The Morgan fingerprint density at radius 1 is 1.15 bits per heavy atom. The van der Waals surface area contributed by atoms with E-state index in [1.165, 1.54) is 24.8 Å². The van der Waals surface area contributed by atoms with Crippen LogP contribution in [0.4, 0.5) is 5.69 Å². The first-order valence-electron chi connectivity index (χ1n) is 6.96. The molecule has 0 bridgehead atoms. The van der Waals surface area contributed by atoms with Crippen LogP contribution >= 0.6 is 0 Å². The van der Waals surface area contributed by atoms with E-state index < -0.39 is 0 Å². The van der Waals surface area contributed by atoms with Crippen LogP contribution in [0.3, 0.4) is 0 Å². The minimum Gasteiger partial charge on any atom is -0.321 e. The van der Waals surface area contributed by atoms with Gasteiger partial charge in [0, 0.05) is 24.3 Å². The summed E-state index contributed by atoms with van der Waals surface area (Å²) in [7, 11) is 0. The van der Waals surface area contributed by atoms with Crippen LogP contribution in [0.15, 0.2) is 42.9 Å². The highest BCUT2D eigenvalue weighted by molar-refractivity contribution is 6.02. The van der Waals surface area contributed by atoms with Crippen molar-refractivity contribution >= 4 is 11.6 Å². The third kappa shape index (κ3) is 4.16. The molecule has 2 heterocycles. The van der Waals surface area contributed by atoms with Crippen molar-refractivity contribution in [3.63, 3.8) is 0 Å². The second kappa shape index (κ2) is 7.38. The molecular formula is C16H19N3O. The molecule has 2 aromatic heterocycles. The summed E-state index contributed by atoms with van der Waals surface area (Å²) >= 11 is 0. The average Bonchev–Trinajstić information content (AvgIpc) is 2.49. The molecule has 0 aliphatic heterocycles. The van der Waals surface area contributed by atoms with E-state index in [2.05, 4.69) is 22.2 Å². The fourth-order valence-corrected chi connectivity index (χ4v) is 1.92. The molecule has 0 spiro atoms. The second-order valence-electron chi connectivity index (χ2n) is 4.70. The lowest BCUT2D eigenvalue weighted by Gasteiger charge is -2.05. The van der Waals surface area contributed by atoms with E-state index in [0.29, 0.717) is 5.69 Å². The molecule has 1 amide bonds. The topological polar surface area (TPSA) is 54.9 Å². The summed E-state index contributed by atoms with van der Waals surface area (Å²) in [4.78, 5) is 20.1. The van der Waals surface area contributed by atoms with Crippen LogP contribution in [0.25, 0.3) is 0 Å². The van der Waals surface area contributed by atoms with Gasteiger partial charge in [-0.25, -0.2) is 0 Å². The Morgan fingerprint density at radius 2 is 1.95 bits per heavy atom. The van der Waals surface area contributed by atoms with Crippen molar-refractivity contribution in [1.82, 2.24) is 9.97 Å². The molecule has 0 atom stereocenters. The zero-order valence-electron chi connectivity index (χ0n) is 11.7. The number of rotatable bonds is 6. The third-order valence-electron chi connectivity index (χ3n) is 3.06. The molecular weight excluding hydrogens is 250 g/mol. The lowest BCUT2D eigenvalue weighted by atomic mass is 10.1. The van der Waals surface area contributed by atoms with Gasteiger partial charge in [-0.15, -0.1) is 0 Å². The molecule has 2 aromatic rings.